The first-order chi connectivity index (χ1) is 7.81. The molecule has 4 N–H and O–H groups in total. The lowest BCUT2D eigenvalue weighted by Crippen LogP contribution is -2.34. The normalized spacial score (nSPS) is 11.2. The highest BCUT2D eigenvalue weighted by atomic mass is 15.3. The zero-order valence-corrected chi connectivity index (χ0v) is 9.97. The Kier molecular flexibility index (Phi) is 5.99. The molecular formula is C10H22N6. The summed E-state index contributed by atoms with van der Waals surface area (Å²) in [6.45, 7) is 6.78. The van der Waals surface area contributed by atoms with E-state index < -0.39 is 0 Å². The van der Waals surface area contributed by atoms with Crippen LogP contribution in [0.5, 0.6) is 0 Å². The van der Waals surface area contributed by atoms with Gasteiger partial charge in [-0.1, -0.05) is 6.92 Å². The molecule has 0 aliphatic carbocycles. The van der Waals surface area contributed by atoms with Crippen molar-refractivity contribution in [3.05, 3.63) is 12.2 Å². The minimum absolute atomic E-state index is 0.641. The average molecular weight is 226 g/mol. The number of nitrogens with zero attached hydrogens (tertiary/aromatic N) is 4. The quantitative estimate of drug-likeness (QED) is 0.618. The Morgan fingerprint density at radius 3 is 2.56 bits per heavy atom. The van der Waals surface area contributed by atoms with Crippen LogP contribution in [0.15, 0.2) is 6.33 Å². The van der Waals surface area contributed by atoms with Gasteiger partial charge in [0.05, 0.1) is 6.54 Å². The van der Waals surface area contributed by atoms with Crippen molar-refractivity contribution in [2.45, 2.75) is 26.4 Å². The average Bonchev–Trinajstić information content (AvgIpc) is 2.67. The summed E-state index contributed by atoms with van der Waals surface area (Å²) < 4.78 is 1.94. The highest BCUT2D eigenvalue weighted by molar-refractivity contribution is 4.84. The van der Waals surface area contributed by atoms with Gasteiger partial charge >= 0.3 is 0 Å². The van der Waals surface area contributed by atoms with Crippen LogP contribution < -0.4 is 11.5 Å². The van der Waals surface area contributed by atoms with E-state index in [1.165, 1.54) is 0 Å². The van der Waals surface area contributed by atoms with Crippen LogP contribution in [-0.2, 0) is 13.1 Å². The lowest BCUT2D eigenvalue weighted by atomic mass is 10.4. The van der Waals surface area contributed by atoms with E-state index in [-0.39, 0.29) is 0 Å². The molecular weight excluding hydrogens is 204 g/mol. The molecule has 1 rings (SSSR count). The molecule has 0 bridgehead atoms. The van der Waals surface area contributed by atoms with Gasteiger partial charge in [0.2, 0.25) is 0 Å². The Morgan fingerprint density at radius 2 is 2.00 bits per heavy atom. The molecule has 0 amide bonds. The van der Waals surface area contributed by atoms with Gasteiger partial charge in [0.25, 0.3) is 0 Å². The molecule has 1 heterocycles. The van der Waals surface area contributed by atoms with Crippen LogP contribution in [0.1, 0.15) is 19.2 Å². The van der Waals surface area contributed by atoms with Crippen molar-refractivity contribution in [1.29, 1.82) is 0 Å². The van der Waals surface area contributed by atoms with E-state index in [4.69, 9.17) is 11.5 Å². The first-order valence-electron chi connectivity index (χ1n) is 5.81. The Balaban J connectivity index is 2.57. The topological polar surface area (TPSA) is 86.0 Å². The molecule has 1 aromatic heterocycles. The van der Waals surface area contributed by atoms with Gasteiger partial charge in [-0.15, -0.1) is 0 Å². The molecule has 6 nitrogen and oxygen atoms in total. The predicted octanol–water partition coefficient (Wildman–Crippen LogP) is -0.592. The van der Waals surface area contributed by atoms with Crippen molar-refractivity contribution in [2.75, 3.05) is 26.2 Å². The zero-order chi connectivity index (χ0) is 11.8. The van der Waals surface area contributed by atoms with Crippen molar-refractivity contribution in [1.82, 2.24) is 19.7 Å². The highest BCUT2D eigenvalue weighted by Gasteiger charge is 2.09. The monoisotopic (exact) mass is 226 g/mol. The van der Waals surface area contributed by atoms with Gasteiger partial charge in [-0.25, -0.2) is 9.67 Å². The van der Waals surface area contributed by atoms with Crippen molar-refractivity contribution in [3.63, 3.8) is 0 Å². The summed E-state index contributed by atoms with van der Waals surface area (Å²) in [6.07, 6.45) is 2.66. The fraction of sp³-hybridized carbons (Fsp3) is 0.800. The summed E-state index contributed by atoms with van der Waals surface area (Å²) >= 11 is 0. The highest BCUT2D eigenvalue weighted by Crippen LogP contribution is 2.01. The van der Waals surface area contributed by atoms with E-state index in [0.29, 0.717) is 13.1 Å². The van der Waals surface area contributed by atoms with Crippen LogP contribution in [0.25, 0.3) is 0 Å². The van der Waals surface area contributed by atoms with Gasteiger partial charge < -0.3 is 11.5 Å². The third-order valence-corrected chi connectivity index (χ3v) is 2.39. The minimum Gasteiger partial charge on any atom is -0.329 e. The predicted molar refractivity (Wildman–Crippen MR) is 63.7 cm³/mol. The van der Waals surface area contributed by atoms with Gasteiger partial charge in [-0.3, -0.25) is 4.90 Å². The van der Waals surface area contributed by atoms with Crippen LogP contribution >= 0.6 is 0 Å². The van der Waals surface area contributed by atoms with Gasteiger partial charge in [0, 0.05) is 32.7 Å². The maximum absolute atomic E-state index is 5.56. The smallest absolute Gasteiger partial charge is 0.141 e. The van der Waals surface area contributed by atoms with Crippen molar-refractivity contribution in [3.8, 4) is 0 Å². The van der Waals surface area contributed by atoms with Crippen LogP contribution in [0, 0.1) is 0 Å². The molecule has 92 valence electrons. The fourth-order valence-corrected chi connectivity index (χ4v) is 1.64. The molecule has 16 heavy (non-hydrogen) atoms. The third-order valence-electron chi connectivity index (χ3n) is 2.39. The summed E-state index contributed by atoms with van der Waals surface area (Å²) in [5.41, 5.74) is 11.1. The molecule has 0 spiro atoms. The molecule has 0 saturated heterocycles. The van der Waals surface area contributed by atoms with Gasteiger partial charge in [0.15, 0.2) is 0 Å². The zero-order valence-electron chi connectivity index (χ0n) is 9.97. The molecule has 0 atom stereocenters. The fourth-order valence-electron chi connectivity index (χ4n) is 1.64. The molecule has 0 aromatic carbocycles. The van der Waals surface area contributed by atoms with E-state index in [1.807, 2.05) is 4.68 Å². The Morgan fingerprint density at radius 1 is 1.31 bits per heavy atom. The van der Waals surface area contributed by atoms with Crippen molar-refractivity contribution >= 4 is 0 Å². The molecule has 1 aromatic rings. The van der Waals surface area contributed by atoms with Gasteiger partial charge in [-0.2, -0.15) is 5.10 Å². The number of aryl methyl sites for hydroxylation is 1. The number of nitrogens with two attached hydrogens (primary N) is 2. The van der Waals surface area contributed by atoms with Crippen LogP contribution in [0.3, 0.4) is 0 Å². The van der Waals surface area contributed by atoms with E-state index in [0.717, 1.165) is 38.4 Å². The summed E-state index contributed by atoms with van der Waals surface area (Å²) in [5.74, 6) is 0.990. The summed E-state index contributed by atoms with van der Waals surface area (Å²) in [4.78, 5) is 6.47. The number of hydrogen-bond donors (Lipinski definition) is 2. The molecule has 0 saturated carbocycles. The second-order valence-corrected chi connectivity index (χ2v) is 3.75. The summed E-state index contributed by atoms with van der Waals surface area (Å²) in [6, 6.07) is 0. The van der Waals surface area contributed by atoms with Crippen LogP contribution in [0.2, 0.25) is 0 Å². The standard InChI is InChI=1S/C10H22N6/c1-2-5-16-10(13-9-14-16)8-15(6-3-11)7-4-12/h9H,2-8,11-12H2,1H3. The van der Waals surface area contributed by atoms with Crippen molar-refractivity contribution < 1.29 is 0 Å². The largest absolute Gasteiger partial charge is 0.329 e. The van der Waals surface area contributed by atoms with Gasteiger partial charge in [-0.05, 0) is 6.42 Å². The Bertz CT molecular complexity index is 279. The lowest BCUT2D eigenvalue weighted by molar-refractivity contribution is 0.267. The summed E-state index contributed by atoms with van der Waals surface area (Å²) in [7, 11) is 0. The molecule has 0 aliphatic heterocycles. The lowest BCUT2D eigenvalue weighted by Gasteiger charge is -2.20. The number of hydrogen-bond acceptors (Lipinski definition) is 5. The minimum atomic E-state index is 0.641. The first-order valence-corrected chi connectivity index (χ1v) is 5.81. The first kappa shape index (κ1) is 13.1. The molecule has 0 aliphatic rings. The molecule has 0 fully saturated rings. The maximum atomic E-state index is 5.56. The van der Waals surface area contributed by atoms with E-state index in [9.17, 15) is 0 Å². The molecule has 0 unspecified atom stereocenters. The summed E-state index contributed by atoms with van der Waals surface area (Å²) in [5, 5.41) is 4.20. The second-order valence-electron chi connectivity index (χ2n) is 3.75. The van der Waals surface area contributed by atoms with Crippen LogP contribution in [0.4, 0.5) is 0 Å². The van der Waals surface area contributed by atoms with Gasteiger partial charge in [0.1, 0.15) is 12.2 Å². The van der Waals surface area contributed by atoms with E-state index in [2.05, 4.69) is 21.9 Å². The third kappa shape index (κ3) is 3.88. The number of rotatable bonds is 8. The molecule has 0 radical (unpaired) electrons. The second kappa shape index (κ2) is 7.32. The van der Waals surface area contributed by atoms with Crippen LogP contribution in [-0.4, -0.2) is 45.8 Å². The SMILES string of the molecule is CCCn1ncnc1CN(CCN)CCN. The Labute approximate surface area is 96.6 Å². The Hall–Kier alpha value is -0.980. The maximum Gasteiger partial charge on any atom is 0.141 e. The molecule has 6 heteroatoms. The van der Waals surface area contributed by atoms with Crippen molar-refractivity contribution in [2.24, 2.45) is 11.5 Å². The van der Waals surface area contributed by atoms with E-state index >= 15 is 0 Å². The van der Waals surface area contributed by atoms with E-state index in [1.54, 1.807) is 6.33 Å². The number of aromatic nitrogens is 3.